The van der Waals surface area contributed by atoms with E-state index in [4.69, 9.17) is 16.3 Å². The topological polar surface area (TPSA) is 70.7 Å². The summed E-state index contributed by atoms with van der Waals surface area (Å²) in [7, 11) is 0. The average molecular weight is 354 g/mol. The third-order valence-corrected chi connectivity index (χ3v) is 4.03. The van der Waals surface area contributed by atoms with E-state index in [2.05, 4.69) is 15.5 Å². The molecule has 7 heteroatoms. The van der Waals surface area contributed by atoms with Crippen molar-refractivity contribution in [2.24, 2.45) is 0 Å². The normalized spacial score (nSPS) is 15.0. The lowest BCUT2D eigenvalue weighted by Gasteiger charge is -2.26. The first kappa shape index (κ1) is 18.7. The van der Waals surface area contributed by atoms with Crippen LogP contribution >= 0.6 is 11.6 Å². The van der Waals surface area contributed by atoms with Crippen LogP contribution in [0.25, 0.3) is 0 Å². The molecule has 1 heterocycles. The fourth-order valence-corrected chi connectivity index (χ4v) is 2.70. The van der Waals surface area contributed by atoms with E-state index >= 15 is 0 Å². The Morgan fingerprint density at radius 2 is 1.83 bits per heavy atom. The number of carbonyl (C=O) groups excluding carboxylic acids is 2. The maximum Gasteiger partial charge on any atom is 0.229 e. The highest BCUT2D eigenvalue weighted by molar-refractivity contribution is 6.30. The molecule has 1 aliphatic heterocycles. The second-order valence-electron chi connectivity index (χ2n) is 5.71. The summed E-state index contributed by atoms with van der Waals surface area (Å²) in [6, 6.07) is 7.51. The Kier molecular flexibility index (Phi) is 8.01. The van der Waals surface area contributed by atoms with Crippen LogP contribution in [-0.2, 0) is 20.7 Å². The number of nitrogens with zero attached hydrogens (tertiary/aromatic N) is 1. The van der Waals surface area contributed by atoms with Gasteiger partial charge in [-0.15, -0.1) is 0 Å². The van der Waals surface area contributed by atoms with Gasteiger partial charge in [0.2, 0.25) is 11.8 Å². The fourth-order valence-electron chi connectivity index (χ4n) is 2.49. The molecule has 2 N–H and O–H groups in total. The van der Waals surface area contributed by atoms with E-state index in [0.717, 1.165) is 38.4 Å². The molecule has 0 aromatic heterocycles. The van der Waals surface area contributed by atoms with E-state index in [-0.39, 0.29) is 18.2 Å². The third-order valence-electron chi connectivity index (χ3n) is 3.80. The summed E-state index contributed by atoms with van der Waals surface area (Å²) < 4.78 is 5.27. The molecular weight excluding hydrogens is 330 g/mol. The van der Waals surface area contributed by atoms with Gasteiger partial charge in [0.25, 0.3) is 0 Å². The van der Waals surface area contributed by atoms with Crippen LogP contribution in [0.4, 0.5) is 0 Å². The lowest BCUT2D eigenvalue weighted by Crippen LogP contribution is -2.42. The molecule has 1 aliphatic rings. The minimum Gasteiger partial charge on any atom is -0.379 e. The monoisotopic (exact) mass is 353 g/mol. The molecule has 0 saturated carbocycles. The molecule has 1 fully saturated rings. The Labute approximate surface area is 147 Å². The van der Waals surface area contributed by atoms with E-state index in [0.29, 0.717) is 24.5 Å². The summed E-state index contributed by atoms with van der Waals surface area (Å²) in [4.78, 5) is 25.7. The van der Waals surface area contributed by atoms with E-state index in [1.807, 2.05) is 24.3 Å². The molecule has 1 aromatic rings. The predicted molar refractivity (Wildman–Crippen MR) is 93.1 cm³/mol. The molecule has 0 radical (unpaired) electrons. The van der Waals surface area contributed by atoms with Crippen molar-refractivity contribution in [1.29, 1.82) is 0 Å². The van der Waals surface area contributed by atoms with Gasteiger partial charge in [0, 0.05) is 37.7 Å². The average Bonchev–Trinajstić information content (AvgIpc) is 2.56. The number of hydrogen-bond acceptors (Lipinski definition) is 4. The van der Waals surface area contributed by atoms with Crippen LogP contribution in [0.5, 0.6) is 0 Å². The Bertz CT molecular complexity index is 548. The minimum absolute atomic E-state index is 0.140. The van der Waals surface area contributed by atoms with Gasteiger partial charge >= 0.3 is 0 Å². The highest BCUT2D eigenvalue weighted by Gasteiger charge is 2.12. The van der Waals surface area contributed by atoms with Gasteiger partial charge in [0.1, 0.15) is 6.42 Å². The van der Waals surface area contributed by atoms with Crippen molar-refractivity contribution >= 4 is 23.4 Å². The molecule has 0 aliphatic carbocycles. The van der Waals surface area contributed by atoms with Crippen LogP contribution in [0.1, 0.15) is 12.0 Å². The van der Waals surface area contributed by atoms with E-state index in [1.165, 1.54) is 0 Å². The van der Waals surface area contributed by atoms with E-state index in [1.54, 1.807) is 0 Å². The van der Waals surface area contributed by atoms with Gasteiger partial charge in [0.15, 0.2) is 0 Å². The third kappa shape index (κ3) is 7.29. The largest absolute Gasteiger partial charge is 0.379 e. The van der Waals surface area contributed by atoms with E-state index in [9.17, 15) is 9.59 Å². The maximum absolute atomic E-state index is 11.8. The first-order valence-corrected chi connectivity index (χ1v) is 8.59. The molecule has 24 heavy (non-hydrogen) atoms. The number of carbonyl (C=O) groups is 2. The first-order chi connectivity index (χ1) is 11.6. The molecule has 132 valence electrons. The fraction of sp³-hybridized carbons (Fsp3) is 0.529. The minimum atomic E-state index is -0.263. The van der Waals surface area contributed by atoms with Gasteiger partial charge < -0.3 is 15.4 Å². The molecule has 0 atom stereocenters. The summed E-state index contributed by atoms with van der Waals surface area (Å²) in [6.07, 6.45) is 0.545. The van der Waals surface area contributed by atoms with Crippen molar-refractivity contribution in [2.45, 2.75) is 12.8 Å². The van der Waals surface area contributed by atoms with Crippen LogP contribution in [0, 0.1) is 0 Å². The van der Waals surface area contributed by atoms with Gasteiger partial charge in [-0.2, -0.15) is 0 Å². The smallest absolute Gasteiger partial charge is 0.229 e. The standard InChI is InChI=1S/C17H24ClN3O3/c18-15-3-1-2-14(12-15)4-5-19-16(22)13-17(23)20-6-7-21-8-10-24-11-9-21/h1-3,12H,4-11,13H2,(H,19,22)(H,20,23). The van der Waals surface area contributed by atoms with Crippen molar-refractivity contribution in [2.75, 3.05) is 45.9 Å². The Morgan fingerprint density at radius 3 is 2.54 bits per heavy atom. The Morgan fingerprint density at radius 1 is 1.12 bits per heavy atom. The van der Waals surface area contributed by atoms with Crippen molar-refractivity contribution < 1.29 is 14.3 Å². The van der Waals surface area contributed by atoms with Gasteiger partial charge in [-0.05, 0) is 24.1 Å². The number of nitrogens with one attached hydrogen (secondary N) is 2. The quantitative estimate of drug-likeness (QED) is 0.679. The second-order valence-corrected chi connectivity index (χ2v) is 6.15. The number of amides is 2. The second kappa shape index (κ2) is 10.3. The number of rotatable bonds is 8. The molecule has 2 amide bonds. The number of benzene rings is 1. The summed E-state index contributed by atoms with van der Waals surface area (Å²) in [5.41, 5.74) is 1.05. The van der Waals surface area contributed by atoms with Gasteiger partial charge in [-0.1, -0.05) is 23.7 Å². The predicted octanol–water partition coefficient (Wildman–Crippen LogP) is 0.837. The highest BCUT2D eigenvalue weighted by Crippen LogP contribution is 2.10. The Hall–Kier alpha value is -1.63. The number of halogens is 1. The van der Waals surface area contributed by atoms with Crippen LogP contribution < -0.4 is 10.6 Å². The molecule has 6 nitrogen and oxygen atoms in total. The summed E-state index contributed by atoms with van der Waals surface area (Å²) in [6.45, 7) is 5.08. The molecule has 1 saturated heterocycles. The van der Waals surface area contributed by atoms with Gasteiger partial charge in [-0.3, -0.25) is 14.5 Å². The summed E-state index contributed by atoms with van der Waals surface area (Å²) in [5, 5.41) is 6.21. The molecule has 0 bridgehead atoms. The number of ether oxygens (including phenoxy) is 1. The Balaban J connectivity index is 1.55. The van der Waals surface area contributed by atoms with E-state index < -0.39 is 0 Å². The van der Waals surface area contributed by atoms with Crippen LogP contribution in [-0.4, -0.2) is 62.7 Å². The molecule has 0 spiro atoms. The molecule has 1 aromatic carbocycles. The van der Waals surface area contributed by atoms with Crippen molar-refractivity contribution in [3.8, 4) is 0 Å². The van der Waals surface area contributed by atoms with Crippen molar-refractivity contribution in [3.05, 3.63) is 34.9 Å². The van der Waals surface area contributed by atoms with Crippen LogP contribution in [0.15, 0.2) is 24.3 Å². The van der Waals surface area contributed by atoms with Gasteiger partial charge in [0.05, 0.1) is 13.2 Å². The number of hydrogen-bond donors (Lipinski definition) is 2. The zero-order valence-corrected chi connectivity index (χ0v) is 14.5. The maximum atomic E-state index is 11.8. The first-order valence-electron chi connectivity index (χ1n) is 8.21. The molecular formula is C17H24ClN3O3. The SMILES string of the molecule is O=C(CC(=O)NCCN1CCOCC1)NCCc1cccc(Cl)c1. The summed E-state index contributed by atoms with van der Waals surface area (Å²) >= 11 is 5.91. The van der Waals surface area contributed by atoms with Crippen LogP contribution in [0.2, 0.25) is 5.02 Å². The highest BCUT2D eigenvalue weighted by atomic mass is 35.5. The van der Waals surface area contributed by atoms with Crippen molar-refractivity contribution in [1.82, 2.24) is 15.5 Å². The number of morpholine rings is 1. The zero-order chi connectivity index (χ0) is 17.2. The summed E-state index contributed by atoms with van der Waals surface area (Å²) in [5.74, 6) is -0.510. The zero-order valence-electron chi connectivity index (χ0n) is 13.7. The van der Waals surface area contributed by atoms with Crippen LogP contribution in [0.3, 0.4) is 0 Å². The molecule has 2 rings (SSSR count). The van der Waals surface area contributed by atoms with Crippen molar-refractivity contribution in [3.63, 3.8) is 0 Å². The lowest BCUT2D eigenvalue weighted by atomic mass is 10.1. The molecule has 0 unspecified atom stereocenters. The van der Waals surface area contributed by atoms with Gasteiger partial charge in [-0.25, -0.2) is 0 Å². The lowest BCUT2D eigenvalue weighted by molar-refractivity contribution is -0.129.